The van der Waals surface area contributed by atoms with Crippen LogP contribution in [0.1, 0.15) is 26.2 Å². The summed E-state index contributed by atoms with van der Waals surface area (Å²) in [5.74, 6) is 0. The lowest BCUT2D eigenvalue weighted by atomic mass is 10.1. The maximum atomic E-state index is 10.9. The normalized spacial score (nSPS) is 12.2. The van der Waals surface area contributed by atoms with Gasteiger partial charge in [-0.2, -0.15) is 0 Å². The maximum Gasteiger partial charge on any atom is 0.292 e. The average molecular weight is 316 g/mol. The Bertz CT molecular complexity index is 412. The Labute approximate surface area is 115 Å². The molecule has 100 valence electrons. The summed E-state index contributed by atoms with van der Waals surface area (Å²) in [5, 5.41) is 14.1. The molecule has 5 nitrogen and oxygen atoms in total. The fraction of sp³-hybridized carbons (Fsp3) is 0.500. The lowest BCUT2D eigenvalue weighted by molar-refractivity contribution is -0.384. The van der Waals surface area contributed by atoms with Gasteiger partial charge in [0, 0.05) is 23.1 Å². The molecular formula is C12H18BrN3O2. The zero-order valence-corrected chi connectivity index (χ0v) is 11.9. The Kier molecular flexibility index (Phi) is 6.07. The molecule has 6 heteroatoms. The summed E-state index contributed by atoms with van der Waals surface area (Å²) in [7, 11) is 0. The van der Waals surface area contributed by atoms with E-state index in [1.807, 2.05) is 0 Å². The third-order valence-corrected chi connectivity index (χ3v) is 3.20. The van der Waals surface area contributed by atoms with Gasteiger partial charge in [0.05, 0.1) is 4.92 Å². The number of anilines is 1. The molecule has 0 saturated heterocycles. The zero-order valence-electron chi connectivity index (χ0n) is 10.4. The first-order chi connectivity index (χ1) is 8.58. The van der Waals surface area contributed by atoms with E-state index in [0.29, 0.717) is 12.2 Å². The number of hydrogen-bond acceptors (Lipinski definition) is 4. The average Bonchev–Trinajstić information content (AvgIpc) is 2.34. The number of nitrogens with zero attached hydrogens (tertiary/aromatic N) is 1. The quantitative estimate of drug-likeness (QED) is 0.597. The van der Waals surface area contributed by atoms with Gasteiger partial charge in [0.25, 0.3) is 5.69 Å². The number of hydrogen-bond donors (Lipinski definition) is 2. The van der Waals surface area contributed by atoms with Gasteiger partial charge in [-0.15, -0.1) is 0 Å². The van der Waals surface area contributed by atoms with E-state index in [1.54, 1.807) is 12.1 Å². The number of nitrogens with one attached hydrogen (secondary N) is 1. The van der Waals surface area contributed by atoms with Crippen molar-refractivity contribution in [2.45, 2.75) is 32.2 Å². The molecule has 0 aromatic heterocycles. The first kappa shape index (κ1) is 14.9. The molecule has 0 heterocycles. The highest BCUT2D eigenvalue weighted by atomic mass is 79.9. The standard InChI is InChI=1S/C12H18BrN3O2/c1-2-3-4-10(8-14)15-11-7-9(13)5-6-12(11)16(17)18/h5-7,10,15H,2-4,8,14H2,1H3. The van der Waals surface area contributed by atoms with Crippen LogP contribution in [0, 0.1) is 10.1 Å². The number of nitro benzene ring substituents is 1. The number of nitrogens with two attached hydrogens (primary N) is 1. The molecule has 0 aliphatic rings. The molecule has 1 aromatic rings. The Morgan fingerprint density at radius 1 is 1.56 bits per heavy atom. The summed E-state index contributed by atoms with van der Waals surface area (Å²) in [6.45, 7) is 2.57. The minimum Gasteiger partial charge on any atom is -0.375 e. The molecule has 1 aromatic carbocycles. The molecule has 0 fully saturated rings. The molecule has 0 saturated carbocycles. The molecule has 0 spiro atoms. The lowest BCUT2D eigenvalue weighted by Gasteiger charge is -2.17. The van der Waals surface area contributed by atoms with Gasteiger partial charge in [0.2, 0.25) is 0 Å². The Morgan fingerprint density at radius 3 is 2.83 bits per heavy atom. The van der Waals surface area contributed by atoms with E-state index in [4.69, 9.17) is 5.73 Å². The van der Waals surface area contributed by atoms with E-state index in [-0.39, 0.29) is 16.7 Å². The SMILES string of the molecule is CCCCC(CN)Nc1cc(Br)ccc1[N+](=O)[O-]. The van der Waals surface area contributed by atoms with E-state index >= 15 is 0 Å². The number of halogens is 1. The summed E-state index contributed by atoms with van der Waals surface area (Å²) >= 11 is 3.32. The van der Waals surface area contributed by atoms with Crippen LogP contribution >= 0.6 is 15.9 Å². The monoisotopic (exact) mass is 315 g/mol. The minimum absolute atomic E-state index is 0.0675. The van der Waals surface area contributed by atoms with Crippen molar-refractivity contribution in [3.05, 3.63) is 32.8 Å². The summed E-state index contributed by atoms with van der Waals surface area (Å²) in [6.07, 6.45) is 3.05. The molecule has 0 amide bonds. The fourth-order valence-electron chi connectivity index (χ4n) is 1.70. The molecule has 18 heavy (non-hydrogen) atoms. The van der Waals surface area contributed by atoms with Crippen LogP contribution in [0.25, 0.3) is 0 Å². The van der Waals surface area contributed by atoms with E-state index in [2.05, 4.69) is 28.2 Å². The van der Waals surface area contributed by atoms with Crippen molar-refractivity contribution in [1.29, 1.82) is 0 Å². The Balaban J connectivity index is 2.86. The van der Waals surface area contributed by atoms with Crippen LogP contribution in [0.5, 0.6) is 0 Å². The highest BCUT2D eigenvalue weighted by Crippen LogP contribution is 2.28. The van der Waals surface area contributed by atoms with Crippen LogP contribution in [-0.2, 0) is 0 Å². The van der Waals surface area contributed by atoms with Gasteiger partial charge in [-0.05, 0) is 18.6 Å². The smallest absolute Gasteiger partial charge is 0.292 e. The van der Waals surface area contributed by atoms with E-state index in [9.17, 15) is 10.1 Å². The van der Waals surface area contributed by atoms with Crippen molar-refractivity contribution in [2.24, 2.45) is 5.73 Å². The van der Waals surface area contributed by atoms with Crippen molar-refractivity contribution in [3.63, 3.8) is 0 Å². The number of unbranched alkanes of at least 4 members (excludes halogenated alkanes) is 1. The number of nitro groups is 1. The van der Waals surface area contributed by atoms with Gasteiger partial charge in [0.15, 0.2) is 0 Å². The number of benzene rings is 1. The predicted octanol–water partition coefficient (Wildman–Crippen LogP) is 3.29. The molecule has 0 aliphatic carbocycles. The Hall–Kier alpha value is -1.14. The van der Waals surface area contributed by atoms with Gasteiger partial charge in [-0.1, -0.05) is 35.7 Å². The van der Waals surface area contributed by atoms with Crippen molar-refractivity contribution in [3.8, 4) is 0 Å². The molecule has 1 atom stereocenters. The maximum absolute atomic E-state index is 10.9. The summed E-state index contributed by atoms with van der Waals surface area (Å²) < 4.78 is 0.807. The second-order valence-electron chi connectivity index (χ2n) is 4.14. The van der Waals surface area contributed by atoms with Crippen molar-refractivity contribution < 1.29 is 4.92 Å². The molecule has 0 bridgehead atoms. The van der Waals surface area contributed by atoms with Crippen molar-refractivity contribution in [2.75, 3.05) is 11.9 Å². The fourth-order valence-corrected chi connectivity index (χ4v) is 2.06. The van der Waals surface area contributed by atoms with Crippen LogP contribution in [0.15, 0.2) is 22.7 Å². The van der Waals surface area contributed by atoms with Crippen LogP contribution in [0.4, 0.5) is 11.4 Å². The summed E-state index contributed by atoms with van der Waals surface area (Å²) in [5.41, 5.74) is 6.27. The second kappa shape index (κ2) is 7.33. The molecule has 3 N–H and O–H groups in total. The Morgan fingerprint density at radius 2 is 2.28 bits per heavy atom. The highest BCUT2D eigenvalue weighted by molar-refractivity contribution is 9.10. The highest BCUT2D eigenvalue weighted by Gasteiger charge is 2.16. The first-order valence-electron chi connectivity index (χ1n) is 5.99. The predicted molar refractivity (Wildman–Crippen MR) is 76.8 cm³/mol. The minimum atomic E-state index is -0.387. The van der Waals surface area contributed by atoms with Gasteiger partial charge in [-0.25, -0.2) is 0 Å². The van der Waals surface area contributed by atoms with E-state index < -0.39 is 0 Å². The van der Waals surface area contributed by atoms with Crippen molar-refractivity contribution in [1.82, 2.24) is 0 Å². The largest absolute Gasteiger partial charge is 0.375 e. The third kappa shape index (κ3) is 4.27. The molecular weight excluding hydrogens is 298 g/mol. The van der Waals surface area contributed by atoms with Gasteiger partial charge >= 0.3 is 0 Å². The number of rotatable bonds is 7. The summed E-state index contributed by atoms with van der Waals surface area (Å²) in [4.78, 5) is 10.5. The first-order valence-corrected chi connectivity index (χ1v) is 6.78. The molecule has 0 radical (unpaired) electrons. The van der Waals surface area contributed by atoms with Crippen LogP contribution in [-0.4, -0.2) is 17.5 Å². The van der Waals surface area contributed by atoms with E-state index in [1.165, 1.54) is 6.07 Å². The lowest BCUT2D eigenvalue weighted by Crippen LogP contribution is -2.29. The van der Waals surface area contributed by atoms with Crippen LogP contribution in [0.2, 0.25) is 0 Å². The zero-order chi connectivity index (χ0) is 13.5. The molecule has 1 unspecified atom stereocenters. The van der Waals surface area contributed by atoms with Gasteiger partial charge in [0.1, 0.15) is 5.69 Å². The molecule has 1 rings (SSSR count). The van der Waals surface area contributed by atoms with Gasteiger partial charge < -0.3 is 11.1 Å². The van der Waals surface area contributed by atoms with Crippen molar-refractivity contribution >= 4 is 27.3 Å². The van der Waals surface area contributed by atoms with Gasteiger partial charge in [-0.3, -0.25) is 10.1 Å². The van der Waals surface area contributed by atoms with Crippen LogP contribution < -0.4 is 11.1 Å². The third-order valence-electron chi connectivity index (χ3n) is 2.71. The van der Waals surface area contributed by atoms with E-state index in [0.717, 1.165) is 23.7 Å². The topological polar surface area (TPSA) is 81.2 Å². The van der Waals surface area contributed by atoms with Crippen LogP contribution in [0.3, 0.4) is 0 Å². The second-order valence-corrected chi connectivity index (χ2v) is 5.05. The molecule has 0 aliphatic heterocycles. The summed E-state index contributed by atoms with van der Waals surface area (Å²) in [6, 6.07) is 4.93.